The zero-order valence-electron chi connectivity index (χ0n) is 68.5. The lowest BCUT2D eigenvalue weighted by atomic mass is 9.99. The number of hydrogen-bond donors (Lipinski definition) is 3. The van der Waals surface area contributed by atoms with Gasteiger partial charge >= 0.3 is 39.5 Å². The highest BCUT2D eigenvalue weighted by Gasteiger charge is 2.30. The Morgan fingerprint density at radius 1 is 0.279 bits per heavy atom. The summed E-state index contributed by atoms with van der Waals surface area (Å²) in [5, 5.41) is 10.7. The Bertz CT molecular complexity index is 2010. The monoisotopic (exact) mass is 1520 g/mol. The second-order valence-corrected chi connectivity index (χ2v) is 34.7. The van der Waals surface area contributed by atoms with Crippen molar-refractivity contribution < 1.29 is 80.2 Å². The van der Waals surface area contributed by atoms with Crippen molar-refractivity contribution in [2.45, 2.75) is 465 Å². The van der Waals surface area contributed by atoms with Crippen molar-refractivity contribution in [2.75, 3.05) is 39.6 Å². The first kappa shape index (κ1) is 102. The molecule has 0 aliphatic carbocycles. The topological polar surface area (TPSA) is 237 Å². The van der Waals surface area contributed by atoms with Gasteiger partial charge in [-0.25, -0.2) is 9.13 Å². The molecule has 3 N–H and O–H groups in total. The number of unbranched alkanes of at least 4 members (excludes halogenated alkanes) is 50. The van der Waals surface area contributed by atoms with Gasteiger partial charge < -0.3 is 33.8 Å². The molecule has 0 radical (unpaired) electrons. The standard InChI is InChI=1S/C85H166O17P2/c1-8-10-11-12-13-14-15-16-17-18-19-20-21-22-27-30-40-47-54-61-68-84(89)101-80(72-95-82(87)66-59-52-45-38-29-26-24-23-25-28-37-44-51-58-65-78(7)9-2)74-99-103(91,92)97-70-79(86)71-98-104(93,94)100-75-81(102-85(90)69-62-55-48-41-34-32-36-43-50-57-64-77(5)6)73-96-83(88)67-60-53-46-39-33-31-35-42-49-56-63-76(3)4/h76-81,86H,8-75H2,1-7H3,(H,91,92)(H,93,94)/t78?,79-,80-,81-/m1/s1. The second-order valence-electron chi connectivity index (χ2n) is 31.8. The number of aliphatic hydroxyl groups excluding tert-OH is 1. The van der Waals surface area contributed by atoms with Gasteiger partial charge in [0.1, 0.15) is 19.3 Å². The van der Waals surface area contributed by atoms with E-state index in [4.69, 9.17) is 37.0 Å². The van der Waals surface area contributed by atoms with E-state index in [1.807, 2.05) is 0 Å². The predicted octanol–water partition coefficient (Wildman–Crippen LogP) is 25.7. The molecule has 0 aliphatic rings. The molecular formula is C85H166O17P2. The molecule has 618 valence electrons. The summed E-state index contributed by atoms with van der Waals surface area (Å²) >= 11 is 0. The smallest absolute Gasteiger partial charge is 0.462 e. The Morgan fingerprint density at radius 2 is 0.490 bits per heavy atom. The van der Waals surface area contributed by atoms with E-state index in [1.54, 1.807) is 0 Å². The lowest BCUT2D eigenvalue weighted by molar-refractivity contribution is -0.161. The lowest BCUT2D eigenvalue weighted by Crippen LogP contribution is -2.30. The maximum Gasteiger partial charge on any atom is 0.472 e. The van der Waals surface area contributed by atoms with Gasteiger partial charge in [-0.3, -0.25) is 37.3 Å². The number of aliphatic hydroxyl groups is 1. The van der Waals surface area contributed by atoms with Crippen LogP contribution in [0, 0.1) is 17.8 Å². The first-order valence-corrected chi connectivity index (χ1v) is 46.9. The van der Waals surface area contributed by atoms with Crippen LogP contribution in [0.25, 0.3) is 0 Å². The molecule has 17 nitrogen and oxygen atoms in total. The molecule has 0 saturated heterocycles. The highest BCUT2D eigenvalue weighted by atomic mass is 31.2. The minimum absolute atomic E-state index is 0.106. The SMILES string of the molecule is CCCCCCCCCCCCCCCCCCCCCCC(=O)O[C@H](COC(=O)CCCCCCCCCCCCCCCCC(C)CC)COP(=O)(O)OC[C@@H](O)COP(=O)(O)OC[C@@H](COC(=O)CCCCCCCCCCCCC(C)C)OC(=O)CCCCCCCCCCCCC(C)C. The van der Waals surface area contributed by atoms with Crippen molar-refractivity contribution in [1.29, 1.82) is 0 Å². The third kappa shape index (κ3) is 76.8. The van der Waals surface area contributed by atoms with E-state index in [-0.39, 0.29) is 25.7 Å². The van der Waals surface area contributed by atoms with Crippen molar-refractivity contribution in [3.63, 3.8) is 0 Å². The van der Waals surface area contributed by atoms with Crippen molar-refractivity contribution in [1.82, 2.24) is 0 Å². The quantitative estimate of drug-likeness (QED) is 0.0222. The molecule has 0 fully saturated rings. The van der Waals surface area contributed by atoms with Gasteiger partial charge in [0.15, 0.2) is 12.2 Å². The number of phosphoric ester groups is 2. The van der Waals surface area contributed by atoms with E-state index in [9.17, 15) is 43.2 Å². The van der Waals surface area contributed by atoms with Gasteiger partial charge in [0.2, 0.25) is 0 Å². The van der Waals surface area contributed by atoms with Gasteiger partial charge in [-0.15, -0.1) is 0 Å². The summed E-state index contributed by atoms with van der Waals surface area (Å²) in [6.07, 6.45) is 65.2. The molecular weight excluding hydrogens is 1350 g/mol. The predicted molar refractivity (Wildman–Crippen MR) is 428 cm³/mol. The van der Waals surface area contributed by atoms with E-state index in [0.717, 1.165) is 108 Å². The average Bonchev–Trinajstić information content (AvgIpc) is 0.962. The molecule has 0 saturated carbocycles. The van der Waals surface area contributed by atoms with Gasteiger partial charge in [-0.2, -0.15) is 0 Å². The van der Waals surface area contributed by atoms with Crippen molar-refractivity contribution in [3.05, 3.63) is 0 Å². The van der Waals surface area contributed by atoms with Crippen molar-refractivity contribution in [3.8, 4) is 0 Å². The van der Waals surface area contributed by atoms with Crippen LogP contribution in [0.15, 0.2) is 0 Å². The van der Waals surface area contributed by atoms with Crippen LogP contribution in [0.4, 0.5) is 0 Å². The molecule has 0 bridgehead atoms. The van der Waals surface area contributed by atoms with E-state index in [1.165, 1.54) is 257 Å². The van der Waals surface area contributed by atoms with E-state index < -0.39 is 97.5 Å². The number of carbonyl (C=O) groups excluding carboxylic acids is 4. The number of carbonyl (C=O) groups is 4. The highest BCUT2D eigenvalue weighted by molar-refractivity contribution is 7.47. The largest absolute Gasteiger partial charge is 0.472 e. The van der Waals surface area contributed by atoms with E-state index in [2.05, 4.69) is 48.5 Å². The highest BCUT2D eigenvalue weighted by Crippen LogP contribution is 2.45. The Labute approximate surface area is 638 Å². The molecule has 104 heavy (non-hydrogen) atoms. The second kappa shape index (κ2) is 75.1. The number of ether oxygens (including phenoxy) is 4. The Hall–Kier alpha value is -1.94. The molecule has 0 aromatic carbocycles. The maximum absolute atomic E-state index is 13.1. The molecule has 0 aliphatic heterocycles. The summed E-state index contributed by atoms with van der Waals surface area (Å²) in [6, 6.07) is 0. The van der Waals surface area contributed by atoms with E-state index in [0.29, 0.717) is 25.7 Å². The van der Waals surface area contributed by atoms with Gasteiger partial charge in [0, 0.05) is 25.7 Å². The lowest BCUT2D eigenvalue weighted by Gasteiger charge is -2.21. The molecule has 0 spiro atoms. The van der Waals surface area contributed by atoms with Crippen LogP contribution < -0.4 is 0 Å². The molecule has 0 aromatic rings. The summed E-state index contributed by atoms with van der Waals surface area (Å²) < 4.78 is 68.9. The molecule has 3 unspecified atom stereocenters. The Morgan fingerprint density at radius 3 is 0.731 bits per heavy atom. The van der Waals surface area contributed by atoms with E-state index >= 15 is 0 Å². The van der Waals surface area contributed by atoms with Crippen molar-refractivity contribution >= 4 is 39.5 Å². The fourth-order valence-corrected chi connectivity index (χ4v) is 14.7. The molecule has 0 amide bonds. The number of hydrogen-bond acceptors (Lipinski definition) is 15. The summed E-state index contributed by atoms with van der Waals surface area (Å²) in [5.41, 5.74) is 0. The van der Waals surface area contributed by atoms with Gasteiger partial charge in [0.25, 0.3) is 0 Å². The molecule has 6 atom stereocenters. The summed E-state index contributed by atoms with van der Waals surface area (Å²) in [5.74, 6) is 0.255. The van der Waals surface area contributed by atoms with Crippen LogP contribution in [0.3, 0.4) is 0 Å². The molecule has 19 heteroatoms. The van der Waals surface area contributed by atoms with Gasteiger partial charge in [-0.1, -0.05) is 395 Å². The third-order valence-corrected chi connectivity index (χ3v) is 22.1. The average molecular weight is 1520 g/mol. The number of rotatable bonds is 83. The fourth-order valence-electron chi connectivity index (χ4n) is 13.2. The van der Waals surface area contributed by atoms with Crippen LogP contribution >= 0.6 is 15.6 Å². The number of esters is 4. The summed E-state index contributed by atoms with van der Waals surface area (Å²) in [7, 11) is -9.93. The Balaban J connectivity index is 5.26. The molecule has 0 rings (SSSR count). The zero-order chi connectivity index (χ0) is 76.5. The van der Waals surface area contributed by atoms with Crippen LogP contribution in [0.1, 0.15) is 447 Å². The van der Waals surface area contributed by atoms with Crippen LogP contribution in [0.5, 0.6) is 0 Å². The Kier molecular flexibility index (Phi) is 73.7. The summed E-state index contributed by atoms with van der Waals surface area (Å²) in [4.78, 5) is 73.2. The third-order valence-electron chi connectivity index (χ3n) is 20.2. The van der Waals surface area contributed by atoms with Crippen LogP contribution in [-0.4, -0.2) is 96.7 Å². The van der Waals surface area contributed by atoms with Crippen molar-refractivity contribution in [2.24, 2.45) is 17.8 Å². The number of phosphoric acid groups is 2. The maximum atomic E-state index is 13.1. The van der Waals surface area contributed by atoms with Crippen LogP contribution in [0.2, 0.25) is 0 Å². The first-order chi connectivity index (χ1) is 50.3. The van der Waals surface area contributed by atoms with Gasteiger partial charge in [0.05, 0.1) is 26.4 Å². The zero-order valence-corrected chi connectivity index (χ0v) is 70.3. The normalized spacial score (nSPS) is 14.2. The molecule has 0 aromatic heterocycles. The minimum Gasteiger partial charge on any atom is -0.462 e. The fraction of sp³-hybridized carbons (Fsp3) is 0.953. The molecule has 0 heterocycles. The van der Waals surface area contributed by atoms with Crippen LogP contribution in [-0.2, 0) is 65.4 Å². The minimum atomic E-state index is -4.97. The summed E-state index contributed by atoms with van der Waals surface area (Å²) in [6.45, 7) is 12.0. The first-order valence-electron chi connectivity index (χ1n) is 43.9. The van der Waals surface area contributed by atoms with Gasteiger partial charge in [-0.05, 0) is 43.4 Å².